The summed E-state index contributed by atoms with van der Waals surface area (Å²) in [5.74, 6) is 0.892. The van der Waals surface area contributed by atoms with Crippen LogP contribution >= 0.6 is 0 Å². The second-order valence-electron chi connectivity index (χ2n) is 7.77. The van der Waals surface area contributed by atoms with Gasteiger partial charge in [-0.05, 0) is 63.2 Å². The summed E-state index contributed by atoms with van der Waals surface area (Å²) in [7, 11) is -3.52. The number of nitrogens with one attached hydrogen (secondary N) is 2. The molecule has 0 unspecified atom stereocenters. The summed E-state index contributed by atoms with van der Waals surface area (Å²) in [5, 5.41) is 3.38. The lowest BCUT2D eigenvalue weighted by atomic mass is 9.93. The number of benzene rings is 1. The molecule has 8 heteroatoms. The maximum absolute atomic E-state index is 12.3. The van der Waals surface area contributed by atoms with E-state index in [4.69, 9.17) is 9.47 Å². The molecule has 1 aromatic rings. The van der Waals surface area contributed by atoms with E-state index in [9.17, 15) is 13.2 Å². The molecule has 0 bridgehead atoms. The van der Waals surface area contributed by atoms with Crippen molar-refractivity contribution in [3.8, 4) is 11.5 Å². The van der Waals surface area contributed by atoms with E-state index in [0.717, 1.165) is 38.3 Å². The molecular weight excluding hydrogens is 404 g/mol. The molecule has 2 rings (SSSR count). The average molecular weight is 441 g/mol. The second-order valence-corrected chi connectivity index (χ2v) is 9.61. The van der Waals surface area contributed by atoms with Crippen molar-refractivity contribution in [2.45, 2.75) is 65.2 Å². The van der Waals surface area contributed by atoms with Crippen molar-refractivity contribution in [2.75, 3.05) is 30.2 Å². The molecule has 1 aliphatic heterocycles. The number of esters is 1. The number of anilines is 1. The van der Waals surface area contributed by atoms with E-state index in [1.807, 2.05) is 6.92 Å². The molecule has 0 aromatic heterocycles. The number of carbonyl (C=O) groups excluding carboxylic acids is 1. The summed E-state index contributed by atoms with van der Waals surface area (Å²) < 4.78 is 38.5. The van der Waals surface area contributed by atoms with Crippen molar-refractivity contribution in [1.82, 2.24) is 5.32 Å². The number of rotatable bonds is 13. The van der Waals surface area contributed by atoms with Gasteiger partial charge in [-0.1, -0.05) is 32.8 Å². The quantitative estimate of drug-likeness (QED) is 0.273. The van der Waals surface area contributed by atoms with Gasteiger partial charge in [0.05, 0.1) is 18.0 Å². The summed E-state index contributed by atoms with van der Waals surface area (Å²) in [6.45, 7) is 6.33. The number of ether oxygens (including phenoxy) is 2. The van der Waals surface area contributed by atoms with Crippen molar-refractivity contribution >= 4 is 21.7 Å². The van der Waals surface area contributed by atoms with Gasteiger partial charge in [0, 0.05) is 6.42 Å². The first-order valence-electron chi connectivity index (χ1n) is 11.1. The van der Waals surface area contributed by atoms with E-state index in [1.54, 1.807) is 25.1 Å². The zero-order valence-corrected chi connectivity index (χ0v) is 19.1. The Morgan fingerprint density at radius 3 is 2.63 bits per heavy atom. The van der Waals surface area contributed by atoms with E-state index >= 15 is 0 Å². The van der Waals surface area contributed by atoms with Gasteiger partial charge in [0.25, 0.3) is 0 Å². The number of unbranched alkanes of at least 4 members (excludes halogenated alkanes) is 2. The van der Waals surface area contributed by atoms with Crippen molar-refractivity contribution in [3.63, 3.8) is 0 Å². The molecular formula is C22H36N2O5S. The number of hydrogen-bond donors (Lipinski definition) is 2. The summed E-state index contributed by atoms with van der Waals surface area (Å²) in [4.78, 5) is 11.9. The minimum absolute atomic E-state index is 0.0203. The fourth-order valence-electron chi connectivity index (χ4n) is 3.44. The van der Waals surface area contributed by atoms with Crippen LogP contribution in [0.4, 0.5) is 5.69 Å². The maximum Gasteiger partial charge on any atom is 0.311 e. The number of carbonyl (C=O) groups is 1. The first-order chi connectivity index (χ1) is 14.4. The molecule has 0 aliphatic carbocycles. The highest BCUT2D eigenvalue weighted by Gasteiger charge is 2.19. The average Bonchev–Trinajstić information content (AvgIpc) is 2.74. The molecule has 1 aliphatic rings. The number of sulfonamides is 1. The molecule has 0 radical (unpaired) electrons. The summed E-state index contributed by atoms with van der Waals surface area (Å²) in [5.41, 5.74) is 0.236. The summed E-state index contributed by atoms with van der Waals surface area (Å²) >= 11 is 0. The molecule has 0 saturated carbocycles. The van der Waals surface area contributed by atoms with Crippen molar-refractivity contribution in [3.05, 3.63) is 18.2 Å². The molecule has 1 aromatic carbocycles. The third-order valence-corrected chi connectivity index (χ3v) is 6.60. The van der Waals surface area contributed by atoms with E-state index in [-0.39, 0.29) is 23.6 Å². The molecule has 1 fully saturated rings. The van der Waals surface area contributed by atoms with Crippen molar-refractivity contribution in [2.24, 2.45) is 5.92 Å². The highest BCUT2D eigenvalue weighted by Crippen LogP contribution is 2.36. The Kier molecular flexibility index (Phi) is 10.4. The monoisotopic (exact) mass is 440 g/mol. The largest absolute Gasteiger partial charge is 0.490 e. The number of para-hydroxylation sites is 1. The summed E-state index contributed by atoms with van der Waals surface area (Å²) in [6, 6.07) is 4.99. The maximum atomic E-state index is 12.3. The van der Waals surface area contributed by atoms with E-state index in [2.05, 4.69) is 10.0 Å². The van der Waals surface area contributed by atoms with Crippen molar-refractivity contribution < 1.29 is 22.7 Å². The predicted octanol–water partition coefficient (Wildman–Crippen LogP) is 4.09. The topological polar surface area (TPSA) is 93.7 Å². The Morgan fingerprint density at radius 2 is 1.93 bits per heavy atom. The molecule has 7 nitrogen and oxygen atoms in total. The summed E-state index contributed by atoms with van der Waals surface area (Å²) in [6.07, 6.45) is 7.17. The third kappa shape index (κ3) is 8.52. The van der Waals surface area contributed by atoms with Crippen LogP contribution in [0.3, 0.4) is 0 Å². The predicted molar refractivity (Wildman–Crippen MR) is 120 cm³/mol. The van der Waals surface area contributed by atoms with Gasteiger partial charge >= 0.3 is 5.97 Å². The van der Waals surface area contributed by atoms with E-state index in [1.165, 1.54) is 19.3 Å². The highest BCUT2D eigenvalue weighted by molar-refractivity contribution is 7.92. The van der Waals surface area contributed by atoms with Crippen LogP contribution in [-0.4, -0.2) is 39.8 Å². The fraction of sp³-hybridized carbons (Fsp3) is 0.682. The minimum Gasteiger partial charge on any atom is -0.490 e. The van der Waals surface area contributed by atoms with Crippen LogP contribution in [0.15, 0.2) is 18.2 Å². The Morgan fingerprint density at radius 1 is 1.17 bits per heavy atom. The third-order valence-electron chi connectivity index (χ3n) is 5.24. The van der Waals surface area contributed by atoms with Crippen molar-refractivity contribution in [1.29, 1.82) is 0 Å². The van der Waals surface area contributed by atoms with Gasteiger partial charge in [-0.15, -0.1) is 0 Å². The van der Waals surface area contributed by atoms with Gasteiger partial charge in [0.2, 0.25) is 10.0 Å². The van der Waals surface area contributed by atoms with Gasteiger partial charge in [0.15, 0.2) is 11.5 Å². The van der Waals surface area contributed by atoms with Gasteiger partial charge in [0.1, 0.15) is 0 Å². The van der Waals surface area contributed by atoms with Gasteiger partial charge < -0.3 is 14.8 Å². The highest BCUT2D eigenvalue weighted by atomic mass is 32.2. The van der Waals surface area contributed by atoms with Crippen LogP contribution in [0.5, 0.6) is 11.5 Å². The minimum atomic E-state index is -3.52. The Labute approximate surface area is 181 Å². The SMILES string of the molecule is CCCCS(=O)(=O)Nc1cccc(OCCCCC2CCNCC2)c1OC(=O)CC. The lowest BCUT2D eigenvalue weighted by Crippen LogP contribution is -2.27. The number of hydrogen-bond acceptors (Lipinski definition) is 6. The van der Waals surface area contributed by atoms with Crippen LogP contribution < -0.4 is 19.5 Å². The van der Waals surface area contributed by atoms with E-state index < -0.39 is 16.0 Å². The zero-order valence-electron chi connectivity index (χ0n) is 18.2. The molecule has 2 N–H and O–H groups in total. The van der Waals surface area contributed by atoms with Crippen LogP contribution in [0.1, 0.15) is 65.2 Å². The van der Waals surface area contributed by atoms with Crippen LogP contribution in [0.25, 0.3) is 0 Å². The molecule has 1 heterocycles. The van der Waals surface area contributed by atoms with E-state index in [0.29, 0.717) is 18.8 Å². The molecule has 170 valence electrons. The normalized spacial score (nSPS) is 15.0. The first kappa shape index (κ1) is 24.5. The lowest BCUT2D eigenvalue weighted by molar-refractivity contribution is -0.134. The smallest absolute Gasteiger partial charge is 0.311 e. The molecule has 0 spiro atoms. The zero-order chi connectivity index (χ0) is 21.8. The van der Waals surface area contributed by atoms with Crippen LogP contribution in [0.2, 0.25) is 0 Å². The lowest BCUT2D eigenvalue weighted by Gasteiger charge is -2.22. The van der Waals surface area contributed by atoms with Gasteiger partial charge in [-0.25, -0.2) is 8.42 Å². The molecule has 1 saturated heterocycles. The first-order valence-corrected chi connectivity index (χ1v) is 12.8. The number of piperidine rings is 1. The standard InChI is InChI=1S/C22H36N2O5S/c1-3-5-17-30(26,27)24-19-10-8-11-20(22(19)29-21(25)4-2)28-16-7-6-9-18-12-14-23-15-13-18/h8,10-11,18,23-24H,3-7,9,12-17H2,1-2H3. The fourth-order valence-corrected chi connectivity index (χ4v) is 4.71. The molecule has 30 heavy (non-hydrogen) atoms. The Balaban J connectivity index is 1.99. The van der Waals surface area contributed by atoms with Crippen LogP contribution in [-0.2, 0) is 14.8 Å². The second kappa shape index (κ2) is 12.8. The Hall–Kier alpha value is -1.80. The Bertz CT molecular complexity index is 761. The van der Waals surface area contributed by atoms with Crippen LogP contribution in [0, 0.1) is 5.92 Å². The van der Waals surface area contributed by atoms with Gasteiger partial charge in [-0.3, -0.25) is 9.52 Å². The molecule has 0 atom stereocenters. The molecule has 0 amide bonds. The van der Waals surface area contributed by atoms with Gasteiger partial charge in [-0.2, -0.15) is 0 Å².